The number of alkyl halides is 1. The molecule has 1 atom stereocenters. The van der Waals surface area contributed by atoms with Crippen molar-refractivity contribution < 1.29 is 30.9 Å². The molecule has 7 nitrogen and oxygen atoms in total. The summed E-state index contributed by atoms with van der Waals surface area (Å²) < 4.78 is 8.87. The van der Waals surface area contributed by atoms with Crippen LogP contribution in [0.25, 0.3) is 11.0 Å². The van der Waals surface area contributed by atoms with Gasteiger partial charge in [-0.15, -0.1) is 0 Å². The van der Waals surface area contributed by atoms with Gasteiger partial charge in [-0.1, -0.05) is 0 Å². The molecule has 2 aromatic heterocycles. The first-order chi connectivity index (χ1) is 11.7. The summed E-state index contributed by atoms with van der Waals surface area (Å²) >= 11 is 6.20. The number of nitrogens with one attached hydrogen (secondary N) is 1. The Morgan fingerprint density at radius 2 is 2.24 bits per heavy atom. The van der Waals surface area contributed by atoms with E-state index in [4.69, 9.17) is 16.3 Å². The van der Waals surface area contributed by atoms with Gasteiger partial charge >= 0.3 is 163 Å². The molecule has 3 heterocycles. The molecule has 3 rings (SSSR count). The number of halogens is 2. The second-order valence-corrected chi connectivity index (χ2v) is 16.8. The summed E-state index contributed by atoms with van der Waals surface area (Å²) in [6.07, 6.45) is 1.31. The molecule has 0 saturated heterocycles. The predicted molar refractivity (Wildman–Crippen MR) is 97.3 cm³/mol. The van der Waals surface area contributed by atoms with E-state index in [1.165, 1.54) is 6.20 Å². The van der Waals surface area contributed by atoms with Crippen molar-refractivity contribution >= 4 is 42.1 Å². The van der Waals surface area contributed by atoms with E-state index >= 15 is 0 Å². The van der Waals surface area contributed by atoms with Gasteiger partial charge in [-0.25, -0.2) is 0 Å². The number of nitrogens with zero attached hydrogens (tertiary/aromatic N) is 3. The zero-order valence-corrected chi connectivity index (χ0v) is 18.5. The maximum atomic E-state index is 11.3. The summed E-state index contributed by atoms with van der Waals surface area (Å²) in [6.45, 7) is 9.95. The van der Waals surface area contributed by atoms with Crippen molar-refractivity contribution in [1.29, 1.82) is 0 Å². The fourth-order valence-corrected chi connectivity index (χ4v) is 6.67. The Kier molecular flexibility index (Phi) is 5.29. The molecule has 2 aromatic rings. The fraction of sp³-hybridized carbons (Fsp3) is 0.533. The van der Waals surface area contributed by atoms with Gasteiger partial charge in [0.15, 0.2) is 0 Å². The van der Waals surface area contributed by atoms with Crippen LogP contribution in [-0.2, 0) is 11.5 Å². The van der Waals surface area contributed by atoms with Crippen LogP contribution in [-0.4, -0.2) is 33.2 Å². The average Bonchev–Trinajstić information content (AvgIpc) is 2.76. The van der Waals surface area contributed by atoms with Crippen LogP contribution in [0.5, 0.6) is 0 Å². The number of rotatable bonds is 6. The van der Waals surface area contributed by atoms with Gasteiger partial charge in [0.25, 0.3) is 0 Å². The maximum absolute atomic E-state index is 11.3. The summed E-state index contributed by atoms with van der Waals surface area (Å²) in [6, 6.07) is 1.08. The number of aromatic nitrogens is 2. The Bertz CT molecular complexity index is 837. The molecule has 0 aromatic carbocycles. The molecule has 0 fully saturated rings. The van der Waals surface area contributed by atoms with Crippen molar-refractivity contribution in [1.82, 2.24) is 9.55 Å². The molecule has 0 bridgehead atoms. The Balaban J connectivity index is 1.97. The molecule has 1 N–H and O–H groups in total. The van der Waals surface area contributed by atoms with E-state index < -0.39 is 34.2 Å². The molecular formula is C15H21ClIN4O3Si-. The van der Waals surface area contributed by atoms with Gasteiger partial charge in [-0.2, -0.15) is 0 Å². The van der Waals surface area contributed by atoms with Gasteiger partial charge < -0.3 is 0 Å². The number of pyridine rings is 1. The SMILES string of the molecule is CC1Nc2c([N+](=O)[O-])cnc3c2c(c(Cl)n3COCC[Si](C)(C)C)[I-]1. The molecule has 1 aliphatic rings. The monoisotopic (exact) mass is 495 g/mol. The van der Waals surface area contributed by atoms with Crippen LogP contribution in [0.3, 0.4) is 0 Å². The molecule has 10 heteroatoms. The van der Waals surface area contributed by atoms with Crippen molar-refractivity contribution in [2.45, 2.75) is 43.4 Å². The minimum absolute atomic E-state index is 0.00206. The third-order valence-electron chi connectivity index (χ3n) is 3.96. The second kappa shape index (κ2) is 7.01. The van der Waals surface area contributed by atoms with Crippen molar-refractivity contribution in [2.75, 3.05) is 11.9 Å². The minimum atomic E-state index is -1.15. The second-order valence-electron chi connectivity index (χ2n) is 7.22. The Labute approximate surface area is 162 Å². The zero-order chi connectivity index (χ0) is 18.4. The molecular weight excluding hydrogens is 475 g/mol. The van der Waals surface area contributed by atoms with E-state index in [-0.39, 0.29) is 9.74 Å². The summed E-state index contributed by atoms with van der Waals surface area (Å²) in [5, 5.41) is 16.0. The van der Waals surface area contributed by atoms with Crippen LogP contribution in [0, 0.1) is 13.7 Å². The van der Waals surface area contributed by atoms with Crippen molar-refractivity contribution in [2.24, 2.45) is 0 Å². The van der Waals surface area contributed by atoms with Gasteiger partial charge in [-0.3, -0.25) is 0 Å². The number of hydrogen-bond acceptors (Lipinski definition) is 5. The molecule has 0 aliphatic carbocycles. The number of ether oxygens (including phenoxy) is 1. The van der Waals surface area contributed by atoms with Gasteiger partial charge in [0, 0.05) is 0 Å². The third kappa shape index (κ3) is 3.78. The molecule has 25 heavy (non-hydrogen) atoms. The third-order valence-corrected chi connectivity index (χ3v) is 9.30. The van der Waals surface area contributed by atoms with E-state index in [1.807, 2.05) is 11.5 Å². The summed E-state index contributed by atoms with van der Waals surface area (Å²) in [4.78, 5) is 15.3. The normalized spacial score (nSPS) is 17.2. The van der Waals surface area contributed by atoms with Gasteiger partial charge in [-0.05, 0) is 0 Å². The van der Waals surface area contributed by atoms with Crippen LogP contribution in [0.1, 0.15) is 6.92 Å². The number of hydrogen-bond donors (Lipinski definition) is 1. The van der Waals surface area contributed by atoms with Crippen LogP contribution in [0.2, 0.25) is 30.8 Å². The summed E-state index contributed by atoms with van der Waals surface area (Å²) in [5.74, 6) is 0. The number of anilines is 1. The topological polar surface area (TPSA) is 82.2 Å². The molecule has 138 valence electrons. The first kappa shape index (κ1) is 18.9. The van der Waals surface area contributed by atoms with Crippen LogP contribution < -0.4 is 26.5 Å². The Morgan fingerprint density at radius 1 is 1.52 bits per heavy atom. The quantitative estimate of drug-likeness (QED) is 0.123. The molecule has 1 unspecified atom stereocenters. The molecule has 0 amide bonds. The van der Waals surface area contributed by atoms with E-state index in [0.29, 0.717) is 29.8 Å². The Morgan fingerprint density at radius 3 is 2.88 bits per heavy atom. The van der Waals surface area contributed by atoms with Gasteiger partial charge in [0.1, 0.15) is 0 Å². The summed E-state index contributed by atoms with van der Waals surface area (Å²) in [7, 11) is -1.15. The van der Waals surface area contributed by atoms with Crippen LogP contribution in [0.4, 0.5) is 11.4 Å². The molecule has 0 radical (unpaired) electrons. The summed E-state index contributed by atoms with van der Waals surface area (Å²) in [5.41, 5.74) is 1.19. The van der Waals surface area contributed by atoms with E-state index in [2.05, 4.69) is 29.9 Å². The first-order valence-corrected chi connectivity index (χ1v) is 14.4. The average molecular weight is 496 g/mol. The molecule has 0 spiro atoms. The predicted octanol–water partition coefficient (Wildman–Crippen LogP) is 0.940. The van der Waals surface area contributed by atoms with E-state index in [0.717, 1.165) is 15.0 Å². The van der Waals surface area contributed by atoms with Crippen molar-refractivity contribution in [3.63, 3.8) is 0 Å². The van der Waals surface area contributed by atoms with Crippen LogP contribution >= 0.6 is 11.6 Å². The van der Waals surface area contributed by atoms with Crippen molar-refractivity contribution in [3.8, 4) is 0 Å². The standard InChI is InChI=1S/C15H21ClIN4O3Si/c1-9-17-12-11-13(19-9)10(21(22)23)7-18-15(11)20(14(12)16)8-24-5-6-25(2,3)4/h7,9,19H,5-6,8H2,1-4H3/q-1. The number of nitro groups is 1. The molecule has 1 aliphatic heterocycles. The van der Waals surface area contributed by atoms with E-state index in [9.17, 15) is 10.1 Å². The zero-order valence-electron chi connectivity index (χ0n) is 14.6. The first-order valence-electron chi connectivity index (χ1n) is 8.02. The molecule has 0 saturated carbocycles. The van der Waals surface area contributed by atoms with Crippen molar-refractivity contribution in [3.05, 3.63) is 25.0 Å². The Hall–Kier alpha value is -0.913. The van der Waals surface area contributed by atoms with Gasteiger partial charge in [0.2, 0.25) is 0 Å². The van der Waals surface area contributed by atoms with Gasteiger partial charge in [0.05, 0.1) is 0 Å². The van der Waals surface area contributed by atoms with E-state index in [1.54, 1.807) is 0 Å². The fourth-order valence-electron chi connectivity index (χ4n) is 2.64. The van der Waals surface area contributed by atoms with Crippen LogP contribution in [0.15, 0.2) is 6.20 Å².